The van der Waals surface area contributed by atoms with E-state index >= 15 is 0 Å². The molecule has 0 radical (unpaired) electrons. The predicted octanol–water partition coefficient (Wildman–Crippen LogP) is 2.25. The van der Waals surface area contributed by atoms with Crippen molar-refractivity contribution in [2.75, 3.05) is 6.61 Å². The maximum Gasteiger partial charge on any atom is 0.103 e. The van der Waals surface area contributed by atoms with E-state index in [9.17, 15) is 10.2 Å². The van der Waals surface area contributed by atoms with E-state index in [-0.39, 0.29) is 29.1 Å². The molecule has 0 aromatic rings. The third-order valence-electron chi connectivity index (χ3n) is 6.35. The van der Waals surface area contributed by atoms with Crippen LogP contribution in [0, 0.1) is 11.3 Å². The number of aliphatic hydroxyl groups is 2. The van der Waals surface area contributed by atoms with Gasteiger partial charge in [-0.05, 0) is 63.7 Å². The fraction of sp³-hybridized carbons (Fsp3) is 1.00. The molecular weight excluding hydrogens is 228 g/mol. The van der Waals surface area contributed by atoms with E-state index in [1.165, 1.54) is 12.8 Å². The number of epoxide rings is 1. The van der Waals surface area contributed by atoms with Gasteiger partial charge in [-0.15, -0.1) is 0 Å². The number of ether oxygens (including phenoxy) is 1. The van der Waals surface area contributed by atoms with Crippen LogP contribution in [0.15, 0.2) is 0 Å². The van der Waals surface area contributed by atoms with E-state index in [2.05, 4.69) is 13.8 Å². The zero-order chi connectivity index (χ0) is 13.2. The molecule has 1 aliphatic heterocycles. The van der Waals surface area contributed by atoms with Crippen LogP contribution in [0.2, 0.25) is 0 Å². The molecule has 0 bridgehead atoms. The summed E-state index contributed by atoms with van der Waals surface area (Å²) in [5.41, 5.74) is -0.674. The van der Waals surface area contributed by atoms with Gasteiger partial charge in [0.2, 0.25) is 0 Å². The molecule has 1 saturated heterocycles. The van der Waals surface area contributed by atoms with Gasteiger partial charge < -0.3 is 14.9 Å². The van der Waals surface area contributed by atoms with Gasteiger partial charge >= 0.3 is 0 Å². The number of rotatable bonds is 2. The molecular formula is C15H26O3. The molecule has 3 rings (SSSR count). The van der Waals surface area contributed by atoms with E-state index in [1.807, 2.05) is 0 Å². The molecule has 0 aromatic carbocycles. The van der Waals surface area contributed by atoms with Crippen molar-refractivity contribution < 1.29 is 14.9 Å². The summed E-state index contributed by atoms with van der Waals surface area (Å²) in [5.74, 6) is 0.162. The van der Waals surface area contributed by atoms with Gasteiger partial charge in [-0.25, -0.2) is 0 Å². The monoisotopic (exact) mass is 254 g/mol. The SMILES string of the molecule is C[C@]12CCC[C@]3(C)O[C@]13C[C@H]([C@@](C)(O)CO)CC2. The van der Waals surface area contributed by atoms with Crippen LogP contribution in [0.25, 0.3) is 0 Å². The van der Waals surface area contributed by atoms with Crippen molar-refractivity contribution in [3.8, 4) is 0 Å². The van der Waals surface area contributed by atoms with Crippen LogP contribution < -0.4 is 0 Å². The van der Waals surface area contributed by atoms with Gasteiger partial charge in [0.25, 0.3) is 0 Å². The Morgan fingerprint density at radius 2 is 2.00 bits per heavy atom. The second-order valence-corrected chi connectivity index (χ2v) is 7.53. The van der Waals surface area contributed by atoms with Crippen LogP contribution >= 0.6 is 0 Å². The summed E-state index contributed by atoms with van der Waals surface area (Å²) < 4.78 is 6.24. The van der Waals surface area contributed by atoms with Crippen LogP contribution in [0.4, 0.5) is 0 Å². The van der Waals surface area contributed by atoms with Crippen LogP contribution in [-0.4, -0.2) is 33.6 Å². The number of hydrogen-bond acceptors (Lipinski definition) is 3. The Hall–Kier alpha value is -0.120. The minimum atomic E-state index is -0.958. The van der Waals surface area contributed by atoms with Gasteiger partial charge in [0, 0.05) is 0 Å². The Bertz CT molecular complexity index is 367. The first-order valence-electron chi connectivity index (χ1n) is 7.32. The van der Waals surface area contributed by atoms with E-state index in [0.717, 1.165) is 25.7 Å². The predicted molar refractivity (Wildman–Crippen MR) is 69.2 cm³/mol. The largest absolute Gasteiger partial charge is 0.393 e. The summed E-state index contributed by atoms with van der Waals surface area (Å²) in [7, 11) is 0. The first-order valence-corrected chi connectivity index (χ1v) is 7.32. The smallest absolute Gasteiger partial charge is 0.103 e. The molecule has 2 aliphatic carbocycles. The molecule has 3 heteroatoms. The van der Waals surface area contributed by atoms with Crippen molar-refractivity contribution in [1.82, 2.24) is 0 Å². The van der Waals surface area contributed by atoms with Crippen molar-refractivity contribution in [2.45, 2.75) is 76.1 Å². The highest BCUT2D eigenvalue weighted by Crippen LogP contribution is 2.71. The van der Waals surface area contributed by atoms with E-state index in [0.29, 0.717) is 0 Å². The zero-order valence-electron chi connectivity index (χ0n) is 11.8. The third-order valence-corrected chi connectivity index (χ3v) is 6.35. The molecule has 1 heterocycles. The topological polar surface area (TPSA) is 53.0 Å². The molecule has 2 saturated carbocycles. The number of aliphatic hydroxyl groups excluding tert-OH is 1. The lowest BCUT2D eigenvalue weighted by Crippen LogP contribution is -2.53. The lowest BCUT2D eigenvalue weighted by atomic mass is 9.53. The van der Waals surface area contributed by atoms with Gasteiger partial charge in [0.15, 0.2) is 0 Å². The highest BCUT2D eigenvalue weighted by atomic mass is 16.6. The highest BCUT2D eigenvalue weighted by molar-refractivity contribution is 5.25. The average molecular weight is 254 g/mol. The number of hydrogen-bond donors (Lipinski definition) is 2. The van der Waals surface area contributed by atoms with E-state index in [1.54, 1.807) is 6.92 Å². The van der Waals surface area contributed by atoms with E-state index in [4.69, 9.17) is 4.74 Å². The molecule has 18 heavy (non-hydrogen) atoms. The van der Waals surface area contributed by atoms with Crippen molar-refractivity contribution in [1.29, 1.82) is 0 Å². The Morgan fingerprint density at radius 1 is 1.28 bits per heavy atom. The fourth-order valence-electron chi connectivity index (χ4n) is 4.82. The minimum absolute atomic E-state index is 0.0275. The van der Waals surface area contributed by atoms with Gasteiger partial charge in [-0.1, -0.05) is 6.92 Å². The lowest BCUT2D eigenvalue weighted by Gasteiger charge is -2.49. The maximum absolute atomic E-state index is 10.3. The molecule has 2 N–H and O–H groups in total. The highest BCUT2D eigenvalue weighted by Gasteiger charge is 2.77. The Balaban J connectivity index is 1.87. The molecule has 3 aliphatic rings. The van der Waals surface area contributed by atoms with E-state index < -0.39 is 5.60 Å². The molecule has 0 aromatic heterocycles. The second kappa shape index (κ2) is 3.50. The maximum atomic E-state index is 10.3. The molecule has 3 fully saturated rings. The quantitative estimate of drug-likeness (QED) is 0.743. The molecule has 0 amide bonds. The summed E-state index contributed by atoms with van der Waals surface area (Å²) in [4.78, 5) is 0. The third kappa shape index (κ3) is 1.41. The summed E-state index contributed by atoms with van der Waals surface area (Å²) in [6.07, 6.45) is 6.69. The summed E-state index contributed by atoms with van der Waals surface area (Å²) in [5, 5.41) is 19.7. The lowest BCUT2D eigenvalue weighted by molar-refractivity contribution is -0.0926. The summed E-state index contributed by atoms with van der Waals surface area (Å²) >= 11 is 0. The van der Waals surface area contributed by atoms with Crippen LogP contribution in [0.5, 0.6) is 0 Å². The zero-order valence-corrected chi connectivity index (χ0v) is 11.8. The fourth-order valence-corrected chi connectivity index (χ4v) is 4.82. The first-order chi connectivity index (χ1) is 8.29. The van der Waals surface area contributed by atoms with Crippen molar-refractivity contribution >= 4 is 0 Å². The molecule has 1 spiro atoms. The van der Waals surface area contributed by atoms with Gasteiger partial charge in [-0.2, -0.15) is 0 Å². The molecule has 104 valence electrons. The Kier molecular flexibility index (Phi) is 2.51. The molecule has 3 nitrogen and oxygen atoms in total. The normalized spacial score (nSPS) is 54.2. The van der Waals surface area contributed by atoms with Crippen LogP contribution in [0.3, 0.4) is 0 Å². The van der Waals surface area contributed by atoms with Crippen molar-refractivity contribution in [2.24, 2.45) is 11.3 Å². The minimum Gasteiger partial charge on any atom is -0.393 e. The first kappa shape index (κ1) is 12.9. The van der Waals surface area contributed by atoms with Gasteiger partial charge in [0.1, 0.15) is 5.60 Å². The van der Waals surface area contributed by atoms with Gasteiger partial charge in [0.05, 0.1) is 17.8 Å². The molecule has 5 atom stereocenters. The summed E-state index contributed by atoms with van der Waals surface area (Å²) in [6.45, 7) is 6.21. The van der Waals surface area contributed by atoms with Crippen LogP contribution in [0.1, 0.15) is 59.3 Å². The standard InChI is InChI=1S/C15H26O3/c1-12-6-4-7-14(3)15(12,18-14)9-11(5-8-12)13(2,17)10-16/h11,16-17H,4-10H2,1-3H3/t11-,12-,13+,14+,15-/m1/s1. The Labute approximate surface area is 110 Å². The second-order valence-electron chi connectivity index (χ2n) is 7.53. The van der Waals surface area contributed by atoms with Crippen LogP contribution in [-0.2, 0) is 4.74 Å². The van der Waals surface area contributed by atoms with Crippen molar-refractivity contribution in [3.63, 3.8) is 0 Å². The van der Waals surface area contributed by atoms with Crippen molar-refractivity contribution in [3.05, 3.63) is 0 Å². The Morgan fingerprint density at radius 3 is 2.67 bits per heavy atom. The molecule has 0 unspecified atom stereocenters. The summed E-state index contributed by atoms with van der Waals surface area (Å²) in [6, 6.07) is 0. The average Bonchev–Trinajstić information content (AvgIpc) is 2.92. The van der Waals surface area contributed by atoms with Gasteiger partial charge in [-0.3, -0.25) is 0 Å².